The molecule has 0 spiro atoms. The summed E-state index contributed by atoms with van der Waals surface area (Å²) in [5.74, 6) is 0.0454. The average molecular weight is 241 g/mol. The normalized spacial score (nSPS) is 12.4. The minimum absolute atomic E-state index is 0.0122. The highest BCUT2D eigenvalue weighted by Gasteiger charge is 2.11. The second-order valence-electron chi connectivity index (χ2n) is 3.70. The number of nitrogens with zero attached hydrogens (tertiary/aromatic N) is 1. The maximum Gasteiger partial charge on any atom is 0.220 e. The van der Waals surface area contributed by atoms with E-state index in [2.05, 4.69) is 17.2 Å². The van der Waals surface area contributed by atoms with E-state index in [1.165, 1.54) is 0 Å². The molecular formula is C11H19N3OS. The smallest absolute Gasteiger partial charge is 0.220 e. The van der Waals surface area contributed by atoms with Gasteiger partial charge in [-0.2, -0.15) is 0 Å². The Morgan fingerprint density at radius 1 is 1.69 bits per heavy atom. The summed E-state index contributed by atoms with van der Waals surface area (Å²) >= 11 is 1.64. The molecule has 1 atom stereocenters. The van der Waals surface area contributed by atoms with Crippen molar-refractivity contribution < 1.29 is 4.79 Å². The van der Waals surface area contributed by atoms with Gasteiger partial charge in [-0.15, -0.1) is 11.3 Å². The molecule has 4 nitrogen and oxygen atoms in total. The molecule has 0 radical (unpaired) electrons. The molecule has 1 unspecified atom stereocenters. The van der Waals surface area contributed by atoms with Crippen LogP contribution in [0.15, 0.2) is 5.38 Å². The Morgan fingerprint density at radius 3 is 3.00 bits per heavy atom. The molecule has 1 heterocycles. The minimum atomic E-state index is -0.0122. The number of hydrogen-bond acceptors (Lipinski definition) is 4. The van der Waals surface area contributed by atoms with Gasteiger partial charge in [0.25, 0.3) is 0 Å². The summed E-state index contributed by atoms with van der Waals surface area (Å²) < 4.78 is 0. The summed E-state index contributed by atoms with van der Waals surface area (Å²) in [6, 6.07) is -0.0122. The van der Waals surface area contributed by atoms with Crippen LogP contribution in [0.5, 0.6) is 0 Å². The lowest BCUT2D eigenvalue weighted by molar-refractivity contribution is -0.121. The van der Waals surface area contributed by atoms with Gasteiger partial charge in [-0.3, -0.25) is 4.79 Å². The van der Waals surface area contributed by atoms with Gasteiger partial charge < -0.3 is 11.1 Å². The zero-order valence-corrected chi connectivity index (χ0v) is 10.6. The SMILES string of the molecule is CCc1nc(C(C)NC(=O)CCCN)cs1. The molecule has 0 aliphatic rings. The van der Waals surface area contributed by atoms with Gasteiger partial charge in [0.2, 0.25) is 5.91 Å². The van der Waals surface area contributed by atoms with Gasteiger partial charge in [-0.25, -0.2) is 4.98 Å². The van der Waals surface area contributed by atoms with Crippen molar-refractivity contribution in [3.63, 3.8) is 0 Å². The standard InChI is InChI=1S/C11H19N3OS/c1-3-11-14-9(7-16-11)8(2)13-10(15)5-4-6-12/h7-8H,3-6,12H2,1-2H3,(H,13,15). The lowest BCUT2D eigenvalue weighted by atomic mass is 10.2. The number of aromatic nitrogens is 1. The van der Waals surface area contributed by atoms with Crippen LogP contribution >= 0.6 is 11.3 Å². The van der Waals surface area contributed by atoms with Crippen molar-refractivity contribution in [2.45, 2.75) is 39.2 Å². The first-order valence-electron chi connectivity index (χ1n) is 5.61. The molecule has 0 aromatic carbocycles. The van der Waals surface area contributed by atoms with Gasteiger partial charge in [-0.1, -0.05) is 6.92 Å². The highest BCUT2D eigenvalue weighted by atomic mass is 32.1. The predicted octanol–water partition coefficient (Wildman–Crippen LogP) is 1.62. The monoisotopic (exact) mass is 241 g/mol. The quantitative estimate of drug-likeness (QED) is 0.795. The Kier molecular flexibility index (Phi) is 5.42. The van der Waals surface area contributed by atoms with Crippen molar-refractivity contribution in [2.75, 3.05) is 6.54 Å². The van der Waals surface area contributed by atoms with Crippen LogP contribution in [0, 0.1) is 0 Å². The van der Waals surface area contributed by atoms with Gasteiger partial charge in [0.05, 0.1) is 16.7 Å². The summed E-state index contributed by atoms with van der Waals surface area (Å²) in [6.45, 7) is 4.58. The van der Waals surface area contributed by atoms with E-state index >= 15 is 0 Å². The number of rotatable bonds is 6. The summed E-state index contributed by atoms with van der Waals surface area (Å²) in [5, 5.41) is 6.03. The molecule has 5 heteroatoms. The van der Waals surface area contributed by atoms with Crippen molar-refractivity contribution >= 4 is 17.2 Å². The van der Waals surface area contributed by atoms with Crippen LogP contribution in [0.4, 0.5) is 0 Å². The number of carbonyl (C=O) groups excluding carboxylic acids is 1. The molecule has 3 N–H and O–H groups in total. The number of nitrogens with two attached hydrogens (primary N) is 1. The molecule has 0 saturated heterocycles. The third kappa shape index (κ3) is 3.90. The third-order valence-electron chi connectivity index (χ3n) is 2.30. The van der Waals surface area contributed by atoms with E-state index in [4.69, 9.17) is 5.73 Å². The molecule has 0 aliphatic heterocycles. The first kappa shape index (κ1) is 13.1. The largest absolute Gasteiger partial charge is 0.348 e. The van der Waals surface area contributed by atoms with Crippen LogP contribution in [-0.2, 0) is 11.2 Å². The zero-order valence-electron chi connectivity index (χ0n) is 9.82. The highest BCUT2D eigenvalue weighted by molar-refractivity contribution is 7.09. The summed E-state index contributed by atoms with van der Waals surface area (Å²) in [6.07, 6.45) is 2.17. The molecule has 0 fully saturated rings. The lowest BCUT2D eigenvalue weighted by Gasteiger charge is -2.11. The van der Waals surface area contributed by atoms with Crippen LogP contribution in [0.2, 0.25) is 0 Å². The van der Waals surface area contributed by atoms with E-state index in [1.54, 1.807) is 11.3 Å². The number of carbonyl (C=O) groups is 1. The van der Waals surface area contributed by atoms with Crippen molar-refractivity contribution in [1.29, 1.82) is 0 Å². The zero-order chi connectivity index (χ0) is 12.0. The number of thiazole rings is 1. The summed E-state index contributed by atoms with van der Waals surface area (Å²) in [4.78, 5) is 15.9. The Labute approximate surface area is 100 Å². The second kappa shape index (κ2) is 6.60. The van der Waals surface area contributed by atoms with Crippen molar-refractivity contribution in [1.82, 2.24) is 10.3 Å². The Hall–Kier alpha value is -0.940. The first-order valence-corrected chi connectivity index (χ1v) is 6.49. The minimum Gasteiger partial charge on any atom is -0.348 e. The van der Waals surface area contributed by atoms with Crippen LogP contribution < -0.4 is 11.1 Å². The molecule has 0 saturated carbocycles. The van der Waals surface area contributed by atoms with Crippen LogP contribution in [0.1, 0.15) is 43.4 Å². The number of amides is 1. The maximum atomic E-state index is 11.5. The molecular weight excluding hydrogens is 222 g/mol. The second-order valence-corrected chi connectivity index (χ2v) is 4.64. The fraction of sp³-hybridized carbons (Fsp3) is 0.636. The van der Waals surface area contributed by atoms with E-state index in [-0.39, 0.29) is 11.9 Å². The van der Waals surface area contributed by atoms with Gasteiger partial charge in [0, 0.05) is 11.8 Å². The van der Waals surface area contributed by atoms with Crippen LogP contribution in [-0.4, -0.2) is 17.4 Å². The molecule has 1 amide bonds. The predicted molar refractivity (Wildman–Crippen MR) is 66.3 cm³/mol. The fourth-order valence-corrected chi connectivity index (χ4v) is 2.17. The molecule has 1 aromatic heterocycles. The first-order chi connectivity index (χ1) is 7.67. The van der Waals surface area contributed by atoms with E-state index in [0.29, 0.717) is 13.0 Å². The Bertz CT molecular complexity index is 338. The van der Waals surface area contributed by atoms with Crippen molar-refractivity contribution in [2.24, 2.45) is 5.73 Å². The van der Waals surface area contributed by atoms with Gasteiger partial charge >= 0.3 is 0 Å². The lowest BCUT2D eigenvalue weighted by Crippen LogP contribution is -2.27. The van der Waals surface area contributed by atoms with Gasteiger partial charge in [0.1, 0.15) is 0 Å². The molecule has 16 heavy (non-hydrogen) atoms. The molecule has 90 valence electrons. The van der Waals surface area contributed by atoms with Crippen molar-refractivity contribution in [3.8, 4) is 0 Å². The fourth-order valence-electron chi connectivity index (χ4n) is 1.34. The van der Waals surface area contributed by atoms with E-state index in [9.17, 15) is 4.79 Å². The van der Waals surface area contributed by atoms with Gasteiger partial charge in [-0.05, 0) is 26.3 Å². The van der Waals surface area contributed by atoms with Gasteiger partial charge in [0.15, 0.2) is 0 Å². The molecule has 0 bridgehead atoms. The molecule has 1 aromatic rings. The van der Waals surface area contributed by atoms with E-state index in [1.807, 2.05) is 12.3 Å². The van der Waals surface area contributed by atoms with Crippen LogP contribution in [0.3, 0.4) is 0 Å². The summed E-state index contributed by atoms with van der Waals surface area (Å²) in [7, 11) is 0. The van der Waals surface area contributed by atoms with E-state index < -0.39 is 0 Å². The van der Waals surface area contributed by atoms with Crippen LogP contribution in [0.25, 0.3) is 0 Å². The maximum absolute atomic E-state index is 11.5. The summed E-state index contributed by atoms with van der Waals surface area (Å²) in [5.41, 5.74) is 6.30. The Balaban J connectivity index is 2.45. The topological polar surface area (TPSA) is 68.0 Å². The van der Waals surface area contributed by atoms with Crippen molar-refractivity contribution in [3.05, 3.63) is 16.1 Å². The Morgan fingerprint density at radius 2 is 2.44 bits per heavy atom. The molecule has 1 rings (SSSR count). The average Bonchev–Trinajstić information content (AvgIpc) is 2.74. The number of nitrogens with one attached hydrogen (secondary N) is 1. The third-order valence-corrected chi connectivity index (χ3v) is 3.31. The number of aryl methyl sites for hydroxylation is 1. The number of hydrogen-bond donors (Lipinski definition) is 2. The highest BCUT2D eigenvalue weighted by Crippen LogP contribution is 2.16. The van der Waals surface area contributed by atoms with E-state index in [0.717, 1.165) is 23.5 Å². The molecule has 0 aliphatic carbocycles.